The number of nitrogens with zero attached hydrogens (tertiary/aromatic N) is 1. The Kier molecular flexibility index (Phi) is 6.09. The second-order valence-corrected chi connectivity index (χ2v) is 10.3. The van der Waals surface area contributed by atoms with Crippen LogP contribution >= 0.6 is 11.3 Å². The standard InChI is InChI=1S/C24H24N2O3S2/c1-3-21(19-11-9-17(2)10-12-19)25-31(28,29)20-13-14-22-23(15-20)30-24(27)26(22)16-18-7-5-4-6-8-18/h4-15,21,25H,3,16H2,1-2H3. The lowest BCUT2D eigenvalue weighted by molar-refractivity contribution is 0.550. The Morgan fingerprint density at radius 3 is 2.39 bits per heavy atom. The Labute approximate surface area is 186 Å². The number of aromatic nitrogens is 1. The predicted molar refractivity (Wildman–Crippen MR) is 126 cm³/mol. The minimum atomic E-state index is -3.74. The number of thiazole rings is 1. The molecule has 3 aromatic carbocycles. The molecule has 1 unspecified atom stereocenters. The van der Waals surface area contributed by atoms with Crippen molar-refractivity contribution in [2.75, 3.05) is 0 Å². The summed E-state index contributed by atoms with van der Waals surface area (Å²) in [6.45, 7) is 4.40. The predicted octanol–water partition coefficient (Wildman–Crippen LogP) is 4.85. The van der Waals surface area contributed by atoms with Crippen LogP contribution in [-0.2, 0) is 16.6 Å². The van der Waals surface area contributed by atoms with Gasteiger partial charge in [-0.3, -0.25) is 9.36 Å². The summed E-state index contributed by atoms with van der Waals surface area (Å²) < 4.78 is 31.3. The Morgan fingerprint density at radius 1 is 1.00 bits per heavy atom. The number of rotatable bonds is 7. The van der Waals surface area contributed by atoms with Gasteiger partial charge in [0.05, 0.1) is 21.7 Å². The molecule has 1 aromatic heterocycles. The first-order valence-corrected chi connectivity index (χ1v) is 12.4. The highest BCUT2D eigenvalue weighted by atomic mass is 32.2. The van der Waals surface area contributed by atoms with E-state index in [2.05, 4.69) is 4.72 Å². The van der Waals surface area contributed by atoms with Crippen molar-refractivity contribution in [1.29, 1.82) is 0 Å². The molecule has 1 N–H and O–H groups in total. The molecule has 4 rings (SSSR count). The number of aryl methyl sites for hydroxylation is 1. The van der Waals surface area contributed by atoms with Crippen LogP contribution in [0.15, 0.2) is 82.5 Å². The molecule has 0 aliphatic rings. The Balaban J connectivity index is 1.64. The van der Waals surface area contributed by atoms with Gasteiger partial charge in [0.2, 0.25) is 10.0 Å². The van der Waals surface area contributed by atoms with Crippen molar-refractivity contribution in [3.05, 3.63) is 99.2 Å². The van der Waals surface area contributed by atoms with E-state index < -0.39 is 10.0 Å². The van der Waals surface area contributed by atoms with Crippen LogP contribution in [0.5, 0.6) is 0 Å². The first-order valence-electron chi connectivity index (χ1n) is 10.1. The van der Waals surface area contributed by atoms with E-state index >= 15 is 0 Å². The molecule has 5 nitrogen and oxygen atoms in total. The van der Waals surface area contributed by atoms with Crippen molar-refractivity contribution in [3.8, 4) is 0 Å². The minimum Gasteiger partial charge on any atom is -0.294 e. The topological polar surface area (TPSA) is 68.2 Å². The molecular weight excluding hydrogens is 428 g/mol. The van der Waals surface area contributed by atoms with Crippen molar-refractivity contribution >= 4 is 31.6 Å². The molecule has 4 aromatic rings. The van der Waals surface area contributed by atoms with E-state index in [1.54, 1.807) is 22.8 Å². The van der Waals surface area contributed by atoms with Crippen LogP contribution < -0.4 is 9.60 Å². The van der Waals surface area contributed by atoms with Gasteiger partial charge in [0.1, 0.15) is 0 Å². The first kappa shape index (κ1) is 21.5. The Morgan fingerprint density at radius 2 is 1.71 bits per heavy atom. The van der Waals surface area contributed by atoms with Crippen molar-refractivity contribution in [3.63, 3.8) is 0 Å². The fourth-order valence-corrected chi connectivity index (χ4v) is 5.91. The number of fused-ring (bicyclic) bond motifs is 1. The number of hydrogen-bond donors (Lipinski definition) is 1. The van der Waals surface area contributed by atoms with E-state index in [9.17, 15) is 13.2 Å². The zero-order valence-electron chi connectivity index (χ0n) is 17.4. The molecule has 0 fully saturated rings. The van der Waals surface area contributed by atoms with Gasteiger partial charge < -0.3 is 0 Å². The van der Waals surface area contributed by atoms with Crippen LogP contribution in [0, 0.1) is 6.92 Å². The number of benzene rings is 3. The molecule has 0 saturated heterocycles. The third kappa shape index (κ3) is 4.63. The van der Waals surface area contributed by atoms with Gasteiger partial charge in [-0.25, -0.2) is 13.1 Å². The second-order valence-electron chi connectivity index (χ2n) is 7.56. The summed E-state index contributed by atoms with van der Waals surface area (Å²) in [6.07, 6.45) is 0.630. The zero-order chi connectivity index (χ0) is 22.0. The minimum absolute atomic E-state index is 0.104. The van der Waals surface area contributed by atoms with Crippen LogP contribution in [0.25, 0.3) is 10.2 Å². The molecule has 0 spiro atoms. The smallest absolute Gasteiger partial charge is 0.294 e. The monoisotopic (exact) mass is 452 g/mol. The number of nitrogens with one attached hydrogen (secondary N) is 1. The summed E-state index contributed by atoms with van der Waals surface area (Å²) in [5.74, 6) is 0. The fraction of sp³-hybridized carbons (Fsp3) is 0.208. The molecule has 0 radical (unpaired) electrons. The molecule has 0 saturated carbocycles. The van der Waals surface area contributed by atoms with Crippen LogP contribution in [0.3, 0.4) is 0 Å². The molecule has 1 heterocycles. The number of sulfonamides is 1. The molecule has 0 aliphatic carbocycles. The summed E-state index contributed by atoms with van der Waals surface area (Å²) in [5, 5.41) is 0. The van der Waals surface area contributed by atoms with E-state index in [0.29, 0.717) is 17.7 Å². The quantitative estimate of drug-likeness (QED) is 0.436. The highest BCUT2D eigenvalue weighted by Crippen LogP contribution is 2.25. The van der Waals surface area contributed by atoms with Gasteiger partial charge in [-0.05, 0) is 42.7 Å². The van der Waals surface area contributed by atoms with Gasteiger partial charge in [0, 0.05) is 6.04 Å². The van der Waals surface area contributed by atoms with Gasteiger partial charge >= 0.3 is 4.87 Å². The van der Waals surface area contributed by atoms with Crippen molar-refractivity contribution in [2.45, 2.75) is 37.8 Å². The van der Waals surface area contributed by atoms with Crippen LogP contribution in [0.4, 0.5) is 0 Å². The normalized spacial score (nSPS) is 12.8. The second kappa shape index (κ2) is 8.78. The third-order valence-electron chi connectivity index (χ3n) is 5.32. The van der Waals surface area contributed by atoms with Gasteiger partial charge in [0.25, 0.3) is 0 Å². The van der Waals surface area contributed by atoms with Gasteiger partial charge in [0.15, 0.2) is 0 Å². The maximum atomic E-state index is 13.1. The average Bonchev–Trinajstić information content (AvgIpc) is 3.08. The lowest BCUT2D eigenvalue weighted by Gasteiger charge is -2.18. The highest BCUT2D eigenvalue weighted by molar-refractivity contribution is 7.89. The molecule has 31 heavy (non-hydrogen) atoms. The summed E-state index contributed by atoms with van der Waals surface area (Å²) in [6, 6.07) is 22.2. The molecular formula is C24H24N2O3S2. The van der Waals surface area contributed by atoms with Gasteiger partial charge in [-0.2, -0.15) is 0 Å². The van der Waals surface area contributed by atoms with Crippen molar-refractivity contribution < 1.29 is 8.42 Å². The summed E-state index contributed by atoms with van der Waals surface area (Å²) in [7, 11) is -3.74. The molecule has 0 aliphatic heterocycles. The first-order chi connectivity index (χ1) is 14.9. The van der Waals surface area contributed by atoms with Gasteiger partial charge in [-0.15, -0.1) is 0 Å². The van der Waals surface area contributed by atoms with Crippen LogP contribution in [0.1, 0.15) is 36.1 Å². The summed E-state index contributed by atoms with van der Waals surface area (Å²) in [5.41, 5.74) is 3.81. The van der Waals surface area contributed by atoms with Gasteiger partial charge in [-0.1, -0.05) is 78.4 Å². The molecule has 0 bridgehead atoms. The largest absolute Gasteiger partial charge is 0.308 e. The molecule has 160 valence electrons. The zero-order valence-corrected chi connectivity index (χ0v) is 19.0. The SMILES string of the molecule is CCC(NS(=O)(=O)c1ccc2c(c1)sc(=O)n2Cc1ccccc1)c1ccc(C)cc1. The van der Waals surface area contributed by atoms with E-state index in [1.165, 1.54) is 0 Å². The summed E-state index contributed by atoms with van der Waals surface area (Å²) in [4.78, 5) is 12.6. The highest BCUT2D eigenvalue weighted by Gasteiger charge is 2.21. The van der Waals surface area contributed by atoms with E-state index in [4.69, 9.17) is 0 Å². The summed E-state index contributed by atoms with van der Waals surface area (Å²) >= 11 is 1.07. The maximum absolute atomic E-state index is 13.1. The molecule has 1 atom stereocenters. The Bertz CT molecular complexity index is 1360. The van der Waals surface area contributed by atoms with Crippen molar-refractivity contribution in [1.82, 2.24) is 9.29 Å². The maximum Gasteiger partial charge on any atom is 0.308 e. The number of hydrogen-bond acceptors (Lipinski definition) is 4. The Hall–Kier alpha value is -2.74. The van der Waals surface area contributed by atoms with Crippen LogP contribution in [-0.4, -0.2) is 13.0 Å². The van der Waals surface area contributed by atoms with Crippen LogP contribution in [0.2, 0.25) is 0 Å². The molecule has 0 amide bonds. The fourth-order valence-electron chi connectivity index (χ4n) is 3.57. The lowest BCUT2D eigenvalue weighted by Crippen LogP contribution is -2.28. The van der Waals surface area contributed by atoms with E-state index in [0.717, 1.165) is 33.5 Å². The third-order valence-corrected chi connectivity index (χ3v) is 7.73. The molecule has 7 heteroatoms. The van der Waals surface area contributed by atoms with E-state index in [1.807, 2.05) is 68.4 Å². The lowest BCUT2D eigenvalue weighted by atomic mass is 10.0. The average molecular weight is 453 g/mol. The van der Waals surface area contributed by atoms with E-state index in [-0.39, 0.29) is 15.8 Å². The van der Waals surface area contributed by atoms with Crippen molar-refractivity contribution in [2.24, 2.45) is 0 Å².